The zero-order valence-electron chi connectivity index (χ0n) is 9.78. The molecule has 1 heterocycles. The van der Waals surface area contributed by atoms with E-state index >= 15 is 0 Å². The van der Waals surface area contributed by atoms with Crippen LogP contribution in [0.5, 0.6) is 5.75 Å². The van der Waals surface area contributed by atoms with Crippen LogP contribution < -0.4 is 4.74 Å². The molecule has 16 heavy (non-hydrogen) atoms. The molecule has 0 aliphatic heterocycles. The largest absolute Gasteiger partial charge is 0.494 e. The van der Waals surface area contributed by atoms with E-state index in [1.807, 2.05) is 45.0 Å². The third-order valence-corrected chi connectivity index (χ3v) is 2.39. The van der Waals surface area contributed by atoms with Gasteiger partial charge >= 0.3 is 0 Å². The van der Waals surface area contributed by atoms with Gasteiger partial charge in [0.2, 0.25) is 0 Å². The fraction of sp³-hybridized carbons (Fsp3) is 0.308. The second-order valence-electron chi connectivity index (χ2n) is 3.75. The van der Waals surface area contributed by atoms with Gasteiger partial charge in [0.25, 0.3) is 0 Å². The van der Waals surface area contributed by atoms with Crippen molar-refractivity contribution < 1.29 is 9.26 Å². The Balaban J connectivity index is 2.34. The second-order valence-corrected chi connectivity index (χ2v) is 3.75. The highest BCUT2D eigenvalue weighted by molar-refractivity contribution is 5.60. The number of benzene rings is 1. The smallest absolute Gasteiger partial charge is 0.167 e. The van der Waals surface area contributed by atoms with Crippen LogP contribution in [0.15, 0.2) is 28.8 Å². The van der Waals surface area contributed by atoms with Crippen LogP contribution in [0.1, 0.15) is 18.2 Å². The zero-order chi connectivity index (χ0) is 11.5. The maximum Gasteiger partial charge on any atom is 0.167 e. The van der Waals surface area contributed by atoms with Gasteiger partial charge in [-0.3, -0.25) is 0 Å². The fourth-order valence-corrected chi connectivity index (χ4v) is 1.62. The lowest BCUT2D eigenvalue weighted by Crippen LogP contribution is -1.93. The second kappa shape index (κ2) is 4.39. The third kappa shape index (κ3) is 2.08. The quantitative estimate of drug-likeness (QED) is 0.790. The predicted molar refractivity (Wildman–Crippen MR) is 62.6 cm³/mol. The molecule has 1 aromatic heterocycles. The van der Waals surface area contributed by atoms with E-state index in [1.165, 1.54) is 0 Å². The molecule has 2 aromatic rings. The highest BCUT2D eigenvalue weighted by atomic mass is 16.5. The topological polar surface area (TPSA) is 35.3 Å². The van der Waals surface area contributed by atoms with E-state index in [4.69, 9.17) is 9.26 Å². The number of ether oxygens (including phenoxy) is 1. The Kier molecular flexibility index (Phi) is 2.95. The predicted octanol–water partition coefficient (Wildman–Crippen LogP) is 3.36. The van der Waals surface area contributed by atoms with E-state index in [9.17, 15) is 0 Å². The van der Waals surface area contributed by atoms with Crippen LogP contribution in [0, 0.1) is 13.8 Å². The summed E-state index contributed by atoms with van der Waals surface area (Å²) in [6, 6.07) is 7.92. The molecule has 0 radical (unpaired) electrons. The van der Waals surface area contributed by atoms with Crippen molar-refractivity contribution in [2.24, 2.45) is 0 Å². The molecule has 0 aliphatic rings. The summed E-state index contributed by atoms with van der Waals surface area (Å²) < 4.78 is 10.7. The first-order valence-electron chi connectivity index (χ1n) is 5.38. The molecule has 0 saturated carbocycles. The summed E-state index contributed by atoms with van der Waals surface area (Å²) in [5.41, 5.74) is 3.02. The summed E-state index contributed by atoms with van der Waals surface area (Å²) in [6.45, 7) is 6.60. The highest BCUT2D eigenvalue weighted by Gasteiger charge is 2.06. The van der Waals surface area contributed by atoms with Crippen molar-refractivity contribution in [3.05, 3.63) is 35.5 Å². The van der Waals surface area contributed by atoms with Gasteiger partial charge in [-0.15, -0.1) is 0 Å². The molecule has 0 bridgehead atoms. The Morgan fingerprint density at radius 1 is 1.25 bits per heavy atom. The number of hydrogen-bond acceptors (Lipinski definition) is 3. The number of nitrogens with zero attached hydrogens (tertiary/aromatic N) is 1. The Hall–Kier alpha value is -1.77. The third-order valence-electron chi connectivity index (χ3n) is 2.39. The van der Waals surface area contributed by atoms with Crippen LogP contribution in [0.4, 0.5) is 0 Å². The molecular weight excluding hydrogens is 202 g/mol. The monoisotopic (exact) mass is 217 g/mol. The van der Waals surface area contributed by atoms with E-state index in [1.54, 1.807) is 0 Å². The van der Waals surface area contributed by atoms with Crippen LogP contribution in [-0.4, -0.2) is 11.8 Å². The fourth-order valence-electron chi connectivity index (χ4n) is 1.62. The molecule has 3 nitrogen and oxygen atoms in total. The van der Waals surface area contributed by atoms with Crippen LogP contribution >= 0.6 is 0 Å². The van der Waals surface area contributed by atoms with Crippen LogP contribution in [0.25, 0.3) is 11.3 Å². The Morgan fingerprint density at radius 2 is 2.06 bits per heavy atom. The minimum Gasteiger partial charge on any atom is -0.494 e. The molecule has 0 atom stereocenters. The molecule has 0 aliphatic carbocycles. The summed E-state index contributed by atoms with van der Waals surface area (Å²) in [6.07, 6.45) is 0. The molecule has 84 valence electrons. The number of rotatable bonds is 3. The summed E-state index contributed by atoms with van der Waals surface area (Å²) in [5.74, 6) is 1.71. The lowest BCUT2D eigenvalue weighted by Gasteiger charge is -2.07. The van der Waals surface area contributed by atoms with Crippen molar-refractivity contribution >= 4 is 0 Å². The van der Waals surface area contributed by atoms with Crippen molar-refractivity contribution in [2.45, 2.75) is 20.8 Å². The van der Waals surface area contributed by atoms with Gasteiger partial charge in [-0.25, -0.2) is 0 Å². The first-order valence-corrected chi connectivity index (χ1v) is 5.38. The average molecular weight is 217 g/mol. The Labute approximate surface area is 95.0 Å². The molecule has 1 aromatic carbocycles. The first kappa shape index (κ1) is 10.7. The van der Waals surface area contributed by atoms with Crippen LogP contribution in [0.3, 0.4) is 0 Å². The molecule has 2 rings (SSSR count). The van der Waals surface area contributed by atoms with Gasteiger partial charge in [0.05, 0.1) is 12.3 Å². The first-order chi connectivity index (χ1) is 7.70. The van der Waals surface area contributed by atoms with Crippen molar-refractivity contribution in [2.75, 3.05) is 6.61 Å². The number of aryl methyl sites for hydroxylation is 2. The summed E-state index contributed by atoms with van der Waals surface area (Å²) in [4.78, 5) is 0. The van der Waals surface area contributed by atoms with E-state index in [2.05, 4.69) is 5.16 Å². The van der Waals surface area contributed by atoms with Gasteiger partial charge in [-0.1, -0.05) is 5.16 Å². The molecule has 0 fully saturated rings. The SMILES string of the molecule is CCOc1ccc(-c2cc(C)no2)cc1C. The maximum atomic E-state index is 5.49. The van der Waals surface area contributed by atoms with Crippen molar-refractivity contribution in [1.29, 1.82) is 0 Å². The van der Waals surface area contributed by atoms with Crippen LogP contribution in [0.2, 0.25) is 0 Å². The molecule has 0 saturated heterocycles. The molecule has 0 spiro atoms. The number of aromatic nitrogens is 1. The standard InChI is InChI=1S/C13H15NO2/c1-4-15-12-6-5-11(7-9(12)2)13-8-10(3)14-16-13/h5-8H,4H2,1-3H3. The molecule has 3 heteroatoms. The van der Waals surface area contributed by atoms with Gasteiger partial charge in [0.15, 0.2) is 5.76 Å². The summed E-state index contributed by atoms with van der Waals surface area (Å²) in [7, 11) is 0. The molecule has 0 amide bonds. The van der Waals surface area contributed by atoms with Crippen molar-refractivity contribution in [3.8, 4) is 17.1 Å². The van der Waals surface area contributed by atoms with E-state index in [0.717, 1.165) is 28.3 Å². The van der Waals surface area contributed by atoms with E-state index in [0.29, 0.717) is 6.61 Å². The number of hydrogen-bond donors (Lipinski definition) is 0. The average Bonchev–Trinajstić information content (AvgIpc) is 2.68. The lowest BCUT2D eigenvalue weighted by atomic mass is 10.1. The highest BCUT2D eigenvalue weighted by Crippen LogP contribution is 2.26. The lowest BCUT2D eigenvalue weighted by molar-refractivity contribution is 0.338. The van der Waals surface area contributed by atoms with Crippen molar-refractivity contribution in [1.82, 2.24) is 5.16 Å². The summed E-state index contributed by atoms with van der Waals surface area (Å²) in [5, 5.41) is 3.88. The molecular formula is C13H15NO2. The van der Waals surface area contributed by atoms with Gasteiger partial charge in [0.1, 0.15) is 5.75 Å². The minimum absolute atomic E-state index is 0.682. The normalized spacial score (nSPS) is 10.4. The summed E-state index contributed by atoms with van der Waals surface area (Å²) >= 11 is 0. The van der Waals surface area contributed by atoms with Gasteiger partial charge in [-0.05, 0) is 44.5 Å². The van der Waals surface area contributed by atoms with E-state index < -0.39 is 0 Å². The van der Waals surface area contributed by atoms with Gasteiger partial charge in [0, 0.05) is 11.6 Å². The van der Waals surface area contributed by atoms with Crippen LogP contribution in [-0.2, 0) is 0 Å². The molecule has 0 N–H and O–H groups in total. The van der Waals surface area contributed by atoms with Gasteiger partial charge < -0.3 is 9.26 Å². The van der Waals surface area contributed by atoms with E-state index in [-0.39, 0.29) is 0 Å². The van der Waals surface area contributed by atoms with Crippen molar-refractivity contribution in [3.63, 3.8) is 0 Å². The Morgan fingerprint density at radius 3 is 2.62 bits per heavy atom. The zero-order valence-corrected chi connectivity index (χ0v) is 9.78. The minimum atomic E-state index is 0.682. The maximum absolute atomic E-state index is 5.49. The van der Waals surface area contributed by atoms with Gasteiger partial charge in [-0.2, -0.15) is 0 Å². The Bertz CT molecular complexity index is 488. The molecule has 0 unspecified atom stereocenters.